The molecule has 31 heavy (non-hydrogen) atoms. The summed E-state index contributed by atoms with van der Waals surface area (Å²) in [6.07, 6.45) is -2.41. The number of hydrogen-bond acceptors (Lipinski definition) is 4. The first-order chi connectivity index (χ1) is 14.4. The molecule has 1 unspecified atom stereocenters. The molecule has 1 heterocycles. The van der Waals surface area contributed by atoms with Crippen molar-refractivity contribution < 1.29 is 22.4 Å². The van der Waals surface area contributed by atoms with Gasteiger partial charge in [0.25, 0.3) is 5.91 Å². The minimum Gasteiger partial charge on any atom is -0.400 e. The molecule has 1 fully saturated rings. The zero-order chi connectivity index (χ0) is 23.2. The van der Waals surface area contributed by atoms with Gasteiger partial charge in [-0.25, -0.2) is 0 Å². The van der Waals surface area contributed by atoms with Gasteiger partial charge in [0.05, 0.1) is 6.04 Å². The first-order valence-corrected chi connectivity index (χ1v) is 14.1. The molecule has 1 aromatic rings. The molecule has 2 atom stereocenters. The summed E-state index contributed by atoms with van der Waals surface area (Å²) in [4.78, 5) is 14.6. The van der Waals surface area contributed by atoms with Crippen LogP contribution in [0.5, 0.6) is 0 Å². The number of benzene rings is 1. The van der Waals surface area contributed by atoms with Gasteiger partial charge in [-0.2, -0.15) is 13.2 Å². The van der Waals surface area contributed by atoms with Crippen LogP contribution in [0.4, 0.5) is 13.2 Å². The third-order valence-electron chi connectivity index (χ3n) is 5.39. The van der Waals surface area contributed by atoms with Crippen molar-refractivity contribution in [1.82, 2.24) is 15.5 Å². The Labute approximate surface area is 184 Å². The summed E-state index contributed by atoms with van der Waals surface area (Å²) in [6, 6.07) is 7.63. The van der Waals surface area contributed by atoms with Gasteiger partial charge in [0, 0.05) is 18.7 Å². The number of likely N-dealkylation sites (tertiary alicyclic amines) is 1. The summed E-state index contributed by atoms with van der Waals surface area (Å²) < 4.78 is 44.2. The van der Waals surface area contributed by atoms with E-state index in [2.05, 4.69) is 37.2 Å². The zero-order valence-electron chi connectivity index (χ0n) is 19.2. The van der Waals surface area contributed by atoms with E-state index in [1.165, 1.54) is 6.07 Å². The number of amides is 1. The molecular weight excluding hydrogens is 423 g/mol. The monoisotopic (exact) mass is 459 g/mol. The molecule has 0 aliphatic carbocycles. The van der Waals surface area contributed by atoms with Gasteiger partial charge in [0.2, 0.25) is 0 Å². The molecule has 0 spiro atoms. The van der Waals surface area contributed by atoms with E-state index < -0.39 is 26.9 Å². The molecule has 1 aliphatic heterocycles. The average Bonchev–Trinajstić information content (AvgIpc) is 3.19. The lowest BCUT2D eigenvalue weighted by Gasteiger charge is -2.40. The van der Waals surface area contributed by atoms with Gasteiger partial charge >= 0.3 is 6.18 Å². The number of halogens is 3. The van der Waals surface area contributed by atoms with Crippen molar-refractivity contribution in [3.05, 3.63) is 35.4 Å². The number of rotatable bonds is 10. The maximum Gasteiger partial charge on any atom is 0.405 e. The quantitative estimate of drug-likeness (QED) is 0.505. The summed E-state index contributed by atoms with van der Waals surface area (Å²) in [5, 5.41) is 5.29. The molecule has 1 saturated heterocycles. The summed E-state index contributed by atoms with van der Waals surface area (Å²) in [5.74, 6) is -0.197. The number of hydrogen-bond donors (Lipinski definition) is 2. The van der Waals surface area contributed by atoms with Crippen molar-refractivity contribution in [2.75, 3.05) is 26.7 Å². The largest absolute Gasteiger partial charge is 0.405 e. The van der Waals surface area contributed by atoms with E-state index in [9.17, 15) is 18.0 Å². The fourth-order valence-electron chi connectivity index (χ4n) is 4.34. The molecule has 1 aromatic carbocycles. The smallest absolute Gasteiger partial charge is 0.400 e. The Morgan fingerprint density at radius 1 is 1.23 bits per heavy atom. The maximum absolute atomic E-state index is 12.5. The van der Waals surface area contributed by atoms with Crippen LogP contribution >= 0.6 is 0 Å². The van der Waals surface area contributed by atoms with Crippen molar-refractivity contribution in [1.29, 1.82) is 0 Å². The van der Waals surface area contributed by atoms with Crippen molar-refractivity contribution in [3.8, 4) is 0 Å². The molecule has 2 rings (SSSR count). The van der Waals surface area contributed by atoms with Crippen molar-refractivity contribution in [2.45, 2.75) is 64.3 Å². The van der Waals surface area contributed by atoms with Crippen LogP contribution in [0.1, 0.15) is 48.7 Å². The highest BCUT2D eigenvalue weighted by Gasteiger charge is 2.37. The fraction of sp³-hybridized carbons (Fsp3) is 0.682. The molecule has 0 saturated carbocycles. The number of nitrogens with one attached hydrogen (secondary N) is 2. The SMILES string of the molecule is CNC(c1cccc(C(=O)NCC(F)(F)F)c1)[C@H](O[Si](C)(C)CC(C)C)N1CCCC1. The third kappa shape index (κ3) is 8.21. The first-order valence-electron chi connectivity index (χ1n) is 11.0. The van der Waals surface area contributed by atoms with Crippen LogP contribution in [-0.2, 0) is 4.43 Å². The second kappa shape index (κ2) is 10.9. The van der Waals surface area contributed by atoms with E-state index in [0.29, 0.717) is 5.92 Å². The lowest BCUT2D eigenvalue weighted by atomic mass is 10.0. The Hall–Kier alpha value is -1.42. The minimum absolute atomic E-state index is 0.193. The molecule has 1 amide bonds. The topological polar surface area (TPSA) is 53.6 Å². The molecule has 2 N–H and O–H groups in total. The summed E-state index contributed by atoms with van der Waals surface area (Å²) in [7, 11) is -0.112. The normalized spacial score (nSPS) is 17.7. The van der Waals surface area contributed by atoms with E-state index in [4.69, 9.17) is 4.43 Å². The molecule has 0 bridgehead atoms. The summed E-state index contributed by atoms with van der Waals surface area (Å²) in [5.41, 5.74) is 1.04. The molecule has 5 nitrogen and oxygen atoms in total. The highest BCUT2D eigenvalue weighted by atomic mass is 28.4. The van der Waals surface area contributed by atoms with E-state index in [1.54, 1.807) is 12.1 Å². The Kier molecular flexibility index (Phi) is 9.11. The van der Waals surface area contributed by atoms with Crippen LogP contribution in [0, 0.1) is 5.92 Å². The highest BCUT2D eigenvalue weighted by molar-refractivity contribution is 6.71. The molecule has 0 radical (unpaired) electrons. The van der Waals surface area contributed by atoms with Crippen LogP contribution in [0.15, 0.2) is 24.3 Å². The van der Waals surface area contributed by atoms with Crippen LogP contribution in [0.3, 0.4) is 0 Å². The zero-order valence-corrected chi connectivity index (χ0v) is 20.2. The van der Waals surface area contributed by atoms with Crippen molar-refractivity contribution in [3.63, 3.8) is 0 Å². The average molecular weight is 460 g/mol. The van der Waals surface area contributed by atoms with Gasteiger partial charge in [-0.15, -0.1) is 0 Å². The third-order valence-corrected chi connectivity index (χ3v) is 8.07. The van der Waals surface area contributed by atoms with Crippen molar-refractivity contribution in [2.24, 2.45) is 5.92 Å². The molecule has 0 aromatic heterocycles. The molecule has 176 valence electrons. The number of carbonyl (C=O) groups is 1. The maximum atomic E-state index is 12.5. The van der Waals surface area contributed by atoms with Crippen LogP contribution < -0.4 is 10.6 Å². The van der Waals surface area contributed by atoms with Crippen molar-refractivity contribution >= 4 is 14.2 Å². The molecular formula is C22H36F3N3O2Si. The number of likely N-dealkylation sites (N-methyl/N-ethyl adjacent to an activating group) is 1. The lowest BCUT2D eigenvalue weighted by Crippen LogP contribution is -2.50. The van der Waals surface area contributed by atoms with Crippen LogP contribution in [0.2, 0.25) is 19.1 Å². The van der Waals surface area contributed by atoms with Gasteiger partial charge in [-0.3, -0.25) is 9.69 Å². The van der Waals surface area contributed by atoms with Crippen LogP contribution in [-0.4, -0.2) is 58.2 Å². The first kappa shape index (κ1) is 25.8. The molecule has 1 aliphatic rings. The standard InChI is InChI=1S/C22H36F3N3O2Si/c1-16(2)14-31(4,5)30-21(28-11-6-7-12-28)19(26-3)17-9-8-10-18(13-17)20(29)27-15-22(23,24)25/h8-10,13,16,19,21,26H,6-7,11-12,14-15H2,1-5H3,(H,27,29)/t19?,21-/m0/s1. The number of alkyl halides is 3. The van der Waals surface area contributed by atoms with Gasteiger partial charge < -0.3 is 15.1 Å². The lowest BCUT2D eigenvalue weighted by molar-refractivity contribution is -0.123. The predicted octanol–water partition coefficient (Wildman–Crippen LogP) is 4.54. The van der Waals surface area contributed by atoms with Gasteiger partial charge in [0.1, 0.15) is 12.8 Å². The number of carbonyl (C=O) groups excluding carboxylic acids is 1. The van der Waals surface area contributed by atoms with Gasteiger partial charge in [-0.1, -0.05) is 26.0 Å². The Bertz CT molecular complexity index is 722. The summed E-state index contributed by atoms with van der Waals surface area (Å²) in [6.45, 7) is 9.39. The Morgan fingerprint density at radius 2 is 1.87 bits per heavy atom. The van der Waals surface area contributed by atoms with E-state index in [-0.39, 0.29) is 17.8 Å². The van der Waals surface area contributed by atoms with Gasteiger partial charge in [0.15, 0.2) is 8.32 Å². The van der Waals surface area contributed by atoms with E-state index in [1.807, 2.05) is 18.4 Å². The second-order valence-electron chi connectivity index (χ2n) is 9.30. The minimum atomic E-state index is -4.44. The van der Waals surface area contributed by atoms with E-state index in [0.717, 1.165) is 37.5 Å². The summed E-state index contributed by atoms with van der Waals surface area (Å²) >= 11 is 0. The Balaban J connectivity index is 2.27. The van der Waals surface area contributed by atoms with Crippen LogP contribution in [0.25, 0.3) is 0 Å². The predicted molar refractivity (Wildman–Crippen MR) is 119 cm³/mol. The van der Waals surface area contributed by atoms with Gasteiger partial charge in [-0.05, 0) is 62.6 Å². The fourth-order valence-corrected chi connectivity index (χ4v) is 7.34. The number of nitrogens with zero attached hydrogens (tertiary/aromatic N) is 1. The van der Waals surface area contributed by atoms with E-state index >= 15 is 0 Å². The highest BCUT2D eigenvalue weighted by Crippen LogP contribution is 2.30. The Morgan fingerprint density at radius 3 is 2.42 bits per heavy atom. The molecule has 9 heteroatoms. The second-order valence-corrected chi connectivity index (χ2v) is 13.5.